The van der Waals surface area contributed by atoms with Gasteiger partial charge in [0, 0.05) is 5.92 Å². The Balaban J connectivity index is 1.96. The Labute approximate surface area is 107 Å². The van der Waals surface area contributed by atoms with Gasteiger partial charge >= 0.3 is 0 Å². The fourth-order valence-electron chi connectivity index (χ4n) is 2.63. The molecular weight excluding hydrogens is 224 g/mol. The zero-order valence-corrected chi connectivity index (χ0v) is 10.1. The molecule has 0 bridgehead atoms. The van der Waals surface area contributed by atoms with Crippen LogP contribution in [0.15, 0.2) is 60.7 Å². The van der Waals surface area contributed by atoms with Crippen LogP contribution in [0.25, 0.3) is 0 Å². The van der Waals surface area contributed by atoms with Crippen LogP contribution in [0.4, 0.5) is 0 Å². The SMILES string of the molecule is OC1COC(c2ccccc2)C1c1ccccc1. The maximum absolute atomic E-state index is 10.1. The predicted octanol–water partition coefficient (Wildman–Crippen LogP) is 2.90. The monoisotopic (exact) mass is 240 g/mol. The largest absolute Gasteiger partial charge is 0.390 e. The number of hydrogen-bond donors (Lipinski definition) is 1. The summed E-state index contributed by atoms with van der Waals surface area (Å²) in [4.78, 5) is 0. The molecule has 0 aliphatic carbocycles. The Morgan fingerprint density at radius 3 is 2.00 bits per heavy atom. The van der Waals surface area contributed by atoms with E-state index in [1.165, 1.54) is 0 Å². The van der Waals surface area contributed by atoms with Gasteiger partial charge in [0.25, 0.3) is 0 Å². The fourth-order valence-corrected chi connectivity index (χ4v) is 2.63. The molecule has 92 valence electrons. The average molecular weight is 240 g/mol. The highest BCUT2D eigenvalue weighted by Crippen LogP contribution is 2.41. The summed E-state index contributed by atoms with van der Waals surface area (Å²) in [5.41, 5.74) is 2.26. The molecule has 18 heavy (non-hydrogen) atoms. The van der Waals surface area contributed by atoms with Gasteiger partial charge in [0.05, 0.1) is 18.8 Å². The molecule has 2 aromatic carbocycles. The summed E-state index contributed by atoms with van der Waals surface area (Å²) < 4.78 is 5.77. The second-order valence-electron chi connectivity index (χ2n) is 4.67. The van der Waals surface area contributed by atoms with Crippen LogP contribution in [-0.4, -0.2) is 17.8 Å². The van der Waals surface area contributed by atoms with Crippen LogP contribution in [-0.2, 0) is 4.74 Å². The minimum Gasteiger partial charge on any atom is -0.390 e. The Morgan fingerprint density at radius 2 is 1.39 bits per heavy atom. The molecule has 1 fully saturated rings. The lowest BCUT2D eigenvalue weighted by Crippen LogP contribution is -2.17. The molecular formula is C16H16O2. The van der Waals surface area contributed by atoms with E-state index in [2.05, 4.69) is 24.3 Å². The first-order valence-electron chi connectivity index (χ1n) is 6.26. The first-order chi connectivity index (χ1) is 8.86. The molecule has 1 aliphatic heterocycles. The van der Waals surface area contributed by atoms with E-state index in [4.69, 9.17) is 4.74 Å². The van der Waals surface area contributed by atoms with Crippen LogP contribution in [0.1, 0.15) is 23.1 Å². The highest BCUT2D eigenvalue weighted by Gasteiger charge is 2.37. The van der Waals surface area contributed by atoms with Gasteiger partial charge < -0.3 is 9.84 Å². The summed E-state index contributed by atoms with van der Waals surface area (Å²) in [6, 6.07) is 20.2. The first-order valence-corrected chi connectivity index (χ1v) is 6.26. The van der Waals surface area contributed by atoms with Crippen molar-refractivity contribution >= 4 is 0 Å². The molecule has 1 aliphatic rings. The average Bonchev–Trinajstić information content (AvgIpc) is 2.83. The Kier molecular flexibility index (Phi) is 3.13. The maximum atomic E-state index is 10.1. The van der Waals surface area contributed by atoms with Gasteiger partial charge in [0.2, 0.25) is 0 Å². The molecule has 2 heteroatoms. The Bertz CT molecular complexity index is 495. The standard InChI is InChI=1S/C16H16O2/c17-14-11-18-16(13-9-5-2-6-10-13)15(14)12-7-3-1-4-8-12/h1-10,14-17H,11H2. The lowest BCUT2D eigenvalue weighted by molar-refractivity contribution is 0.0882. The highest BCUT2D eigenvalue weighted by molar-refractivity contribution is 5.29. The van der Waals surface area contributed by atoms with Crippen molar-refractivity contribution in [1.29, 1.82) is 0 Å². The van der Waals surface area contributed by atoms with Gasteiger partial charge in [-0.25, -0.2) is 0 Å². The van der Waals surface area contributed by atoms with E-state index in [-0.39, 0.29) is 12.0 Å². The van der Waals surface area contributed by atoms with Crippen molar-refractivity contribution in [3.8, 4) is 0 Å². The number of benzene rings is 2. The van der Waals surface area contributed by atoms with Crippen molar-refractivity contribution in [1.82, 2.24) is 0 Å². The third kappa shape index (κ3) is 2.05. The van der Waals surface area contributed by atoms with Crippen LogP contribution in [0.3, 0.4) is 0 Å². The van der Waals surface area contributed by atoms with Crippen LogP contribution < -0.4 is 0 Å². The summed E-state index contributed by atoms with van der Waals surface area (Å²) in [6.07, 6.45) is -0.485. The van der Waals surface area contributed by atoms with Gasteiger partial charge in [0.15, 0.2) is 0 Å². The van der Waals surface area contributed by atoms with E-state index < -0.39 is 6.10 Å². The van der Waals surface area contributed by atoms with Gasteiger partial charge in [-0.15, -0.1) is 0 Å². The van der Waals surface area contributed by atoms with Crippen molar-refractivity contribution < 1.29 is 9.84 Å². The molecule has 1 heterocycles. The van der Waals surface area contributed by atoms with Gasteiger partial charge in [-0.2, -0.15) is 0 Å². The molecule has 2 nitrogen and oxygen atoms in total. The fraction of sp³-hybridized carbons (Fsp3) is 0.250. The van der Waals surface area contributed by atoms with E-state index in [1.807, 2.05) is 36.4 Å². The summed E-state index contributed by atoms with van der Waals surface area (Å²) in [7, 11) is 0. The molecule has 3 unspecified atom stereocenters. The Hall–Kier alpha value is -1.64. The molecule has 1 saturated heterocycles. The molecule has 2 aromatic rings. The van der Waals surface area contributed by atoms with Crippen LogP contribution in [0.2, 0.25) is 0 Å². The molecule has 3 atom stereocenters. The minimum atomic E-state index is -0.433. The number of hydrogen-bond acceptors (Lipinski definition) is 2. The molecule has 3 rings (SSSR count). The molecule has 0 amide bonds. The summed E-state index contributed by atoms with van der Waals surface area (Å²) in [5, 5.41) is 10.1. The quantitative estimate of drug-likeness (QED) is 0.874. The third-order valence-electron chi connectivity index (χ3n) is 3.50. The van der Waals surface area contributed by atoms with E-state index in [9.17, 15) is 5.11 Å². The lowest BCUT2D eigenvalue weighted by atomic mass is 9.87. The second kappa shape index (κ2) is 4.92. The third-order valence-corrected chi connectivity index (χ3v) is 3.50. The van der Waals surface area contributed by atoms with E-state index in [0.717, 1.165) is 11.1 Å². The zero-order chi connectivity index (χ0) is 12.4. The second-order valence-corrected chi connectivity index (χ2v) is 4.67. The predicted molar refractivity (Wildman–Crippen MR) is 70.3 cm³/mol. The summed E-state index contributed by atoms with van der Waals surface area (Å²) in [5.74, 6) is 0.0219. The van der Waals surface area contributed by atoms with Gasteiger partial charge in [-0.05, 0) is 11.1 Å². The number of aliphatic hydroxyl groups excluding tert-OH is 1. The minimum absolute atomic E-state index is 0.0219. The van der Waals surface area contributed by atoms with Crippen molar-refractivity contribution in [3.05, 3.63) is 71.8 Å². The smallest absolute Gasteiger partial charge is 0.0920 e. The van der Waals surface area contributed by atoms with Crippen molar-refractivity contribution in [2.45, 2.75) is 18.1 Å². The van der Waals surface area contributed by atoms with Crippen LogP contribution in [0.5, 0.6) is 0 Å². The molecule has 0 radical (unpaired) electrons. The number of aliphatic hydroxyl groups is 1. The van der Waals surface area contributed by atoms with Gasteiger partial charge in [-0.3, -0.25) is 0 Å². The van der Waals surface area contributed by atoms with Gasteiger partial charge in [0.1, 0.15) is 0 Å². The van der Waals surface area contributed by atoms with E-state index in [1.54, 1.807) is 0 Å². The zero-order valence-electron chi connectivity index (χ0n) is 10.1. The van der Waals surface area contributed by atoms with Crippen molar-refractivity contribution in [3.63, 3.8) is 0 Å². The topological polar surface area (TPSA) is 29.5 Å². The van der Waals surface area contributed by atoms with Gasteiger partial charge in [-0.1, -0.05) is 60.7 Å². The maximum Gasteiger partial charge on any atom is 0.0920 e. The highest BCUT2D eigenvalue weighted by atomic mass is 16.5. The summed E-state index contributed by atoms with van der Waals surface area (Å²) in [6.45, 7) is 0.402. The lowest BCUT2D eigenvalue weighted by Gasteiger charge is -2.21. The molecule has 1 N–H and O–H groups in total. The van der Waals surface area contributed by atoms with Crippen LogP contribution >= 0.6 is 0 Å². The number of ether oxygens (including phenoxy) is 1. The van der Waals surface area contributed by atoms with Crippen molar-refractivity contribution in [2.75, 3.05) is 6.61 Å². The normalized spacial score (nSPS) is 27.3. The molecule has 0 saturated carbocycles. The van der Waals surface area contributed by atoms with Crippen molar-refractivity contribution in [2.24, 2.45) is 0 Å². The molecule has 0 spiro atoms. The van der Waals surface area contributed by atoms with E-state index >= 15 is 0 Å². The number of rotatable bonds is 2. The summed E-state index contributed by atoms with van der Waals surface area (Å²) >= 11 is 0. The van der Waals surface area contributed by atoms with E-state index in [0.29, 0.717) is 6.61 Å². The Morgan fingerprint density at radius 1 is 0.833 bits per heavy atom. The first kappa shape index (κ1) is 11.5. The molecule has 0 aromatic heterocycles. The van der Waals surface area contributed by atoms with Crippen LogP contribution in [0, 0.1) is 0 Å².